The lowest BCUT2D eigenvalue weighted by Crippen LogP contribution is -2.43. The zero-order valence-corrected chi connectivity index (χ0v) is 12.6. The molecular formula is C16H27N3O. The molecule has 4 nitrogen and oxygen atoms in total. The number of hydrogen-bond acceptors (Lipinski definition) is 4. The van der Waals surface area contributed by atoms with Gasteiger partial charge in [0, 0.05) is 18.3 Å². The summed E-state index contributed by atoms with van der Waals surface area (Å²) in [6.45, 7) is 2.30. The van der Waals surface area contributed by atoms with E-state index in [0.29, 0.717) is 17.8 Å². The van der Waals surface area contributed by atoms with E-state index in [1.807, 2.05) is 12.3 Å². The number of nitrogens with two attached hydrogens (primary N) is 1. The fourth-order valence-corrected chi connectivity index (χ4v) is 3.27. The Morgan fingerprint density at radius 2 is 2.10 bits per heavy atom. The van der Waals surface area contributed by atoms with Crippen LogP contribution in [-0.2, 0) is 6.42 Å². The van der Waals surface area contributed by atoms with Gasteiger partial charge in [0.1, 0.15) is 0 Å². The van der Waals surface area contributed by atoms with Gasteiger partial charge in [0.05, 0.1) is 7.11 Å². The first-order valence-electron chi connectivity index (χ1n) is 7.71. The lowest BCUT2D eigenvalue weighted by atomic mass is 9.76. The highest BCUT2D eigenvalue weighted by molar-refractivity contribution is 5.18. The number of pyridine rings is 1. The normalized spacial score (nSPS) is 24.4. The minimum atomic E-state index is 0.350. The van der Waals surface area contributed by atoms with E-state index in [9.17, 15) is 0 Å². The van der Waals surface area contributed by atoms with E-state index in [1.165, 1.54) is 37.7 Å². The molecule has 0 radical (unpaired) electrons. The SMILES string of the molecule is CCC1CCC(C(Cc2ccc(OC)nc2)NN)CC1. The molecule has 1 aliphatic carbocycles. The Morgan fingerprint density at radius 1 is 1.35 bits per heavy atom. The Morgan fingerprint density at radius 3 is 2.60 bits per heavy atom. The van der Waals surface area contributed by atoms with Crippen molar-refractivity contribution in [3.05, 3.63) is 23.9 Å². The van der Waals surface area contributed by atoms with E-state index >= 15 is 0 Å². The molecule has 1 unspecified atom stereocenters. The number of rotatable bonds is 6. The van der Waals surface area contributed by atoms with E-state index in [0.717, 1.165) is 12.3 Å². The fraction of sp³-hybridized carbons (Fsp3) is 0.688. The number of methoxy groups -OCH3 is 1. The van der Waals surface area contributed by atoms with Crippen molar-refractivity contribution < 1.29 is 4.74 Å². The maximum absolute atomic E-state index is 5.78. The molecule has 3 N–H and O–H groups in total. The first-order valence-corrected chi connectivity index (χ1v) is 7.71. The molecule has 0 bridgehead atoms. The van der Waals surface area contributed by atoms with Crippen LogP contribution in [0.15, 0.2) is 18.3 Å². The molecule has 1 aromatic rings. The van der Waals surface area contributed by atoms with E-state index in [2.05, 4.69) is 23.4 Å². The molecule has 1 heterocycles. The summed E-state index contributed by atoms with van der Waals surface area (Å²) >= 11 is 0. The zero-order chi connectivity index (χ0) is 14.4. The highest BCUT2D eigenvalue weighted by Gasteiger charge is 2.26. The summed E-state index contributed by atoms with van der Waals surface area (Å²) in [7, 11) is 1.64. The molecule has 0 spiro atoms. The van der Waals surface area contributed by atoms with Gasteiger partial charge in [0.2, 0.25) is 5.88 Å². The standard InChI is InChI=1S/C16H27N3O/c1-3-12-4-7-14(8-5-12)15(19-17)10-13-6-9-16(20-2)18-11-13/h6,9,11-12,14-15,19H,3-5,7-8,10,17H2,1-2H3. The number of hydrogen-bond donors (Lipinski definition) is 2. The summed E-state index contributed by atoms with van der Waals surface area (Å²) < 4.78 is 5.09. The predicted molar refractivity (Wildman–Crippen MR) is 81.3 cm³/mol. The molecule has 0 aliphatic heterocycles. The van der Waals surface area contributed by atoms with Crippen LogP contribution in [0.4, 0.5) is 0 Å². The van der Waals surface area contributed by atoms with Crippen LogP contribution >= 0.6 is 0 Å². The van der Waals surface area contributed by atoms with Gasteiger partial charge in [-0.05, 0) is 36.7 Å². The van der Waals surface area contributed by atoms with Crippen molar-refractivity contribution in [3.8, 4) is 5.88 Å². The summed E-state index contributed by atoms with van der Waals surface area (Å²) in [6.07, 6.45) is 9.42. The summed E-state index contributed by atoms with van der Waals surface area (Å²) in [4.78, 5) is 4.26. The molecule has 112 valence electrons. The third kappa shape index (κ3) is 3.93. The van der Waals surface area contributed by atoms with Crippen molar-refractivity contribution in [2.75, 3.05) is 7.11 Å². The van der Waals surface area contributed by atoms with Gasteiger partial charge in [-0.1, -0.05) is 32.3 Å². The van der Waals surface area contributed by atoms with E-state index in [4.69, 9.17) is 10.6 Å². The quantitative estimate of drug-likeness (QED) is 0.620. The van der Waals surface area contributed by atoms with Crippen LogP contribution in [0.3, 0.4) is 0 Å². The number of aromatic nitrogens is 1. The van der Waals surface area contributed by atoms with Crippen LogP contribution in [0.5, 0.6) is 5.88 Å². The van der Waals surface area contributed by atoms with Gasteiger partial charge in [-0.3, -0.25) is 11.3 Å². The van der Waals surface area contributed by atoms with Crippen LogP contribution in [0, 0.1) is 11.8 Å². The van der Waals surface area contributed by atoms with Gasteiger partial charge in [-0.25, -0.2) is 4.98 Å². The molecule has 1 atom stereocenters. The van der Waals surface area contributed by atoms with Crippen LogP contribution in [0.2, 0.25) is 0 Å². The average Bonchev–Trinajstić information content (AvgIpc) is 2.53. The second kappa shape index (κ2) is 7.60. The fourth-order valence-electron chi connectivity index (χ4n) is 3.27. The number of hydrazine groups is 1. The molecule has 2 rings (SSSR count). The van der Waals surface area contributed by atoms with E-state index in [-0.39, 0.29) is 0 Å². The predicted octanol–water partition coefficient (Wildman–Crippen LogP) is 2.68. The minimum absolute atomic E-state index is 0.350. The third-order valence-corrected chi connectivity index (χ3v) is 4.71. The molecule has 0 amide bonds. The number of nitrogens with one attached hydrogen (secondary N) is 1. The maximum Gasteiger partial charge on any atom is 0.212 e. The Labute approximate surface area is 122 Å². The number of ether oxygens (including phenoxy) is 1. The Hall–Kier alpha value is -1.13. The summed E-state index contributed by atoms with van der Waals surface area (Å²) in [5.74, 6) is 8.05. The third-order valence-electron chi connectivity index (χ3n) is 4.71. The summed E-state index contributed by atoms with van der Waals surface area (Å²) in [6, 6.07) is 4.34. The van der Waals surface area contributed by atoms with Crippen LogP contribution in [0.25, 0.3) is 0 Å². The molecule has 1 aliphatic rings. The summed E-state index contributed by atoms with van der Waals surface area (Å²) in [5, 5.41) is 0. The first-order chi connectivity index (χ1) is 9.76. The highest BCUT2D eigenvalue weighted by atomic mass is 16.5. The Balaban J connectivity index is 1.91. The van der Waals surface area contributed by atoms with Gasteiger partial charge in [-0.2, -0.15) is 0 Å². The van der Waals surface area contributed by atoms with E-state index < -0.39 is 0 Å². The van der Waals surface area contributed by atoms with Gasteiger partial charge >= 0.3 is 0 Å². The largest absolute Gasteiger partial charge is 0.481 e. The lowest BCUT2D eigenvalue weighted by molar-refractivity contribution is 0.217. The number of nitrogens with zero attached hydrogens (tertiary/aromatic N) is 1. The molecule has 1 aromatic heterocycles. The van der Waals surface area contributed by atoms with Crippen molar-refractivity contribution in [3.63, 3.8) is 0 Å². The molecule has 0 saturated heterocycles. The smallest absolute Gasteiger partial charge is 0.212 e. The van der Waals surface area contributed by atoms with Crippen LogP contribution in [0.1, 0.15) is 44.6 Å². The molecular weight excluding hydrogens is 250 g/mol. The maximum atomic E-state index is 5.78. The second-order valence-electron chi connectivity index (χ2n) is 5.88. The molecule has 20 heavy (non-hydrogen) atoms. The average molecular weight is 277 g/mol. The van der Waals surface area contributed by atoms with Crippen molar-refractivity contribution in [1.29, 1.82) is 0 Å². The van der Waals surface area contributed by atoms with Crippen molar-refractivity contribution in [2.24, 2.45) is 17.7 Å². The topological polar surface area (TPSA) is 60.2 Å². The first kappa shape index (κ1) is 15.3. The highest BCUT2D eigenvalue weighted by Crippen LogP contribution is 2.33. The zero-order valence-electron chi connectivity index (χ0n) is 12.6. The Bertz CT molecular complexity index is 385. The molecule has 1 saturated carbocycles. The van der Waals surface area contributed by atoms with Crippen LogP contribution in [-0.4, -0.2) is 18.1 Å². The Kier molecular flexibility index (Phi) is 5.80. The van der Waals surface area contributed by atoms with Crippen LogP contribution < -0.4 is 16.0 Å². The van der Waals surface area contributed by atoms with Gasteiger partial charge < -0.3 is 4.74 Å². The van der Waals surface area contributed by atoms with E-state index in [1.54, 1.807) is 7.11 Å². The monoisotopic (exact) mass is 277 g/mol. The molecule has 1 fully saturated rings. The van der Waals surface area contributed by atoms with Crippen molar-refractivity contribution in [2.45, 2.75) is 51.5 Å². The van der Waals surface area contributed by atoms with Gasteiger partial charge in [0.15, 0.2) is 0 Å². The van der Waals surface area contributed by atoms with Gasteiger partial charge in [-0.15, -0.1) is 0 Å². The second-order valence-corrected chi connectivity index (χ2v) is 5.88. The minimum Gasteiger partial charge on any atom is -0.481 e. The molecule has 4 heteroatoms. The lowest BCUT2D eigenvalue weighted by Gasteiger charge is -2.33. The molecule has 0 aromatic carbocycles. The van der Waals surface area contributed by atoms with Crippen molar-refractivity contribution >= 4 is 0 Å². The summed E-state index contributed by atoms with van der Waals surface area (Å²) in [5.41, 5.74) is 4.24. The van der Waals surface area contributed by atoms with Gasteiger partial charge in [0.25, 0.3) is 0 Å². The van der Waals surface area contributed by atoms with Crippen molar-refractivity contribution in [1.82, 2.24) is 10.4 Å².